The number of nitrogens with one attached hydrogen (secondary N) is 1. The molecule has 6 heteroatoms. The van der Waals surface area contributed by atoms with Gasteiger partial charge in [0.15, 0.2) is 0 Å². The van der Waals surface area contributed by atoms with E-state index in [0.717, 1.165) is 32.5 Å². The molecule has 2 fully saturated rings. The summed E-state index contributed by atoms with van der Waals surface area (Å²) in [5.74, 6) is 0.643. The summed E-state index contributed by atoms with van der Waals surface area (Å²) < 4.78 is 0. The number of hydrogen-bond acceptors (Lipinski definition) is 4. The van der Waals surface area contributed by atoms with Gasteiger partial charge in [0.1, 0.15) is 5.54 Å². The van der Waals surface area contributed by atoms with Gasteiger partial charge in [-0.25, -0.2) is 4.79 Å². The first-order chi connectivity index (χ1) is 9.98. The average Bonchev–Trinajstić information content (AvgIpc) is 2.68. The molecule has 0 atom stereocenters. The van der Waals surface area contributed by atoms with Crippen molar-refractivity contribution in [3.63, 3.8) is 0 Å². The molecule has 0 saturated carbocycles. The van der Waals surface area contributed by atoms with Crippen LogP contribution in [0.15, 0.2) is 0 Å². The highest BCUT2D eigenvalue weighted by Gasteiger charge is 2.51. The monoisotopic (exact) mass is 296 g/mol. The lowest BCUT2D eigenvalue weighted by molar-refractivity contribution is -0.133. The van der Waals surface area contributed by atoms with Gasteiger partial charge in [0.2, 0.25) is 0 Å². The number of amides is 3. The molecule has 3 N–H and O–H groups in total. The van der Waals surface area contributed by atoms with E-state index in [-0.39, 0.29) is 11.9 Å². The predicted octanol–water partition coefficient (Wildman–Crippen LogP) is 0.768. The van der Waals surface area contributed by atoms with Crippen molar-refractivity contribution in [2.75, 3.05) is 32.7 Å². The van der Waals surface area contributed by atoms with Crippen LogP contribution in [0, 0.1) is 5.92 Å². The Morgan fingerprint density at radius 1 is 1.24 bits per heavy atom. The molecule has 0 aromatic carbocycles. The number of rotatable bonds is 6. The summed E-state index contributed by atoms with van der Waals surface area (Å²) >= 11 is 0. The van der Waals surface area contributed by atoms with Crippen LogP contribution in [0.1, 0.15) is 39.5 Å². The second kappa shape index (κ2) is 6.75. The van der Waals surface area contributed by atoms with Gasteiger partial charge in [0.05, 0.1) is 0 Å². The van der Waals surface area contributed by atoms with E-state index in [0.29, 0.717) is 25.4 Å². The number of nitrogens with zero attached hydrogens (tertiary/aromatic N) is 2. The Morgan fingerprint density at radius 3 is 2.48 bits per heavy atom. The summed E-state index contributed by atoms with van der Waals surface area (Å²) in [6, 6.07) is -0.246. The maximum atomic E-state index is 12.6. The van der Waals surface area contributed by atoms with Crippen LogP contribution in [-0.2, 0) is 4.79 Å². The molecule has 0 bridgehead atoms. The van der Waals surface area contributed by atoms with E-state index in [9.17, 15) is 9.59 Å². The highest BCUT2D eigenvalue weighted by atomic mass is 16.2. The average molecular weight is 296 g/mol. The smallest absolute Gasteiger partial charge is 0.325 e. The highest BCUT2D eigenvalue weighted by molar-refractivity contribution is 6.07. The van der Waals surface area contributed by atoms with E-state index in [4.69, 9.17) is 5.73 Å². The molecule has 2 saturated heterocycles. The lowest BCUT2D eigenvalue weighted by Crippen LogP contribution is -2.55. The lowest BCUT2D eigenvalue weighted by Gasteiger charge is -2.37. The third-order valence-corrected chi connectivity index (χ3v) is 4.56. The fraction of sp³-hybridized carbons (Fsp3) is 0.867. The third kappa shape index (κ3) is 3.55. The van der Waals surface area contributed by atoms with E-state index in [1.165, 1.54) is 11.3 Å². The van der Waals surface area contributed by atoms with Crippen molar-refractivity contribution in [1.82, 2.24) is 15.1 Å². The minimum atomic E-state index is -0.653. The van der Waals surface area contributed by atoms with Crippen LogP contribution in [0.5, 0.6) is 0 Å². The zero-order valence-corrected chi connectivity index (χ0v) is 13.2. The normalized spacial score (nSPS) is 22.4. The summed E-state index contributed by atoms with van der Waals surface area (Å²) in [7, 11) is 0. The Labute approximate surface area is 127 Å². The summed E-state index contributed by atoms with van der Waals surface area (Å²) in [5.41, 5.74) is 4.81. The summed E-state index contributed by atoms with van der Waals surface area (Å²) in [6.45, 7) is 8.20. The van der Waals surface area contributed by atoms with Gasteiger partial charge in [0.25, 0.3) is 5.91 Å². The SMILES string of the molecule is CC(C)CCN1CCC2(CC1)NC(=O)N(CCCN)C2=O. The van der Waals surface area contributed by atoms with Crippen molar-refractivity contribution >= 4 is 11.9 Å². The topological polar surface area (TPSA) is 78.7 Å². The maximum absolute atomic E-state index is 12.6. The van der Waals surface area contributed by atoms with Gasteiger partial charge in [-0.15, -0.1) is 0 Å². The summed E-state index contributed by atoms with van der Waals surface area (Å²) in [6.07, 6.45) is 3.27. The number of likely N-dealkylation sites (tertiary alicyclic amines) is 1. The van der Waals surface area contributed by atoms with Gasteiger partial charge in [-0.1, -0.05) is 13.8 Å². The first kappa shape index (κ1) is 16.2. The highest BCUT2D eigenvalue weighted by Crippen LogP contribution is 2.29. The summed E-state index contributed by atoms with van der Waals surface area (Å²) in [5, 5.41) is 2.93. The Morgan fingerprint density at radius 2 is 1.90 bits per heavy atom. The Hall–Kier alpha value is -1.14. The molecule has 1 spiro atoms. The van der Waals surface area contributed by atoms with Crippen LogP contribution >= 0.6 is 0 Å². The Bertz CT molecular complexity index is 389. The third-order valence-electron chi connectivity index (χ3n) is 4.56. The molecule has 21 heavy (non-hydrogen) atoms. The van der Waals surface area contributed by atoms with Crippen molar-refractivity contribution in [2.24, 2.45) is 11.7 Å². The van der Waals surface area contributed by atoms with Crippen molar-refractivity contribution in [1.29, 1.82) is 0 Å². The minimum Gasteiger partial charge on any atom is -0.330 e. The molecule has 0 aromatic heterocycles. The van der Waals surface area contributed by atoms with Crippen LogP contribution in [0.2, 0.25) is 0 Å². The number of carbonyl (C=O) groups is 2. The van der Waals surface area contributed by atoms with Crippen molar-refractivity contribution in [3.05, 3.63) is 0 Å². The lowest BCUT2D eigenvalue weighted by atomic mass is 9.87. The molecule has 0 aromatic rings. The molecule has 2 aliphatic heterocycles. The van der Waals surface area contributed by atoms with Gasteiger partial charge in [-0.2, -0.15) is 0 Å². The molecule has 0 aliphatic carbocycles. The number of carbonyl (C=O) groups excluding carboxylic acids is 2. The Kier molecular flexibility index (Phi) is 5.22. The van der Waals surface area contributed by atoms with Gasteiger partial charge >= 0.3 is 6.03 Å². The van der Waals surface area contributed by atoms with Crippen LogP contribution in [0.25, 0.3) is 0 Å². The molecule has 3 amide bonds. The van der Waals surface area contributed by atoms with Crippen LogP contribution in [0.3, 0.4) is 0 Å². The van der Waals surface area contributed by atoms with Crippen molar-refractivity contribution in [2.45, 2.75) is 45.1 Å². The van der Waals surface area contributed by atoms with E-state index >= 15 is 0 Å². The van der Waals surface area contributed by atoms with E-state index < -0.39 is 5.54 Å². The van der Waals surface area contributed by atoms with Crippen LogP contribution < -0.4 is 11.1 Å². The molecular formula is C15H28N4O2. The van der Waals surface area contributed by atoms with Gasteiger partial charge < -0.3 is 16.0 Å². The molecule has 6 nitrogen and oxygen atoms in total. The first-order valence-corrected chi connectivity index (χ1v) is 8.05. The number of hydrogen-bond donors (Lipinski definition) is 2. The standard InChI is InChI=1S/C15H28N4O2/c1-12(2)4-9-18-10-5-15(6-11-18)13(20)19(8-3-7-16)14(21)17-15/h12H,3-11,16H2,1-2H3,(H,17,21). The number of imide groups is 1. The molecule has 2 rings (SSSR count). The van der Waals surface area contributed by atoms with Gasteiger partial charge in [0, 0.05) is 19.6 Å². The molecule has 2 aliphatic rings. The zero-order chi connectivity index (χ0) is 15.5. The number of piperidine rings is 1. The molecular weight excluding hydrogens is 268 g/mol. The maximum Gasteiger partial charge on any atom is 0.325 e. The predicted molar refractivity (Wildman–Crippen MR) is 81.8 cm³/mol. The Balaban J connectivity index is 1.90. The second-order valence-electron chi connectivity index (χ2n) is 6.64. The van der Waals surface area contributed by atoms with E-state index in [1.807, 2.05) is 0 Å². The zero-order valence-electron chi connectivity index (χ0n) is 13.2. The van der Waals surface area contributed by atoms with Crippen molar-refractivity contribution < 1.29 is 9.59 Å². The van der Waals surface area contributed by atoms with Gasteiger partial charge in [-0.05, 0) is 44.7 Å². The van der Waals surface area contributed by atoms with Crippen LogP contribution in [0.4, 0.5) is 4.79 Å². The molecule has 2 heterocycles. The minimum absolute atomic E-state index is 0.0514. The number of nitrogens with two attached hydrogens (primary N) is 1. The van der Waals surface area contributed by atoms with Crippen LogP contribution in [-0.4, -0.2) is 60.0 Å². The fourth-order valence-electron chi connectivity index (χ4n) is 3.07. The summed E-state index contributed by atoms with van der Waals surface area (Å²) in [4.78, 5) is 28.3. The molecule has 120 valence electrons. The molecule has 0 radical (unpaired) electrons. The van der Waals surface area contributed by atoms with E-state index in [2.05, 4.69) is 24.1 Å². The fourth-order valence-corrected chi connectivity index (χ4v) is 3.07. The largest absolute Gasteiger partial charge is 0.330 e. The first-order valence-electron chi connectivity index (χ1n) is 8.05. The van der Waals surface area contributed by atoms with E-state index in [1.54, 1.807) is 0 Å². The van der Waals surface area contributed by atoms with Crippen molar-refractivity contribution in [3.8, 4) is 0 Å². The van der Waals surface area contributed by atoms with Gasteiger partial charge in [-0.3, -0.25) is 9.69 Å². The molecule has 0 unspecified atom stereocenters. The second-order valence-corrected chi connectivity index (χ2v) is 6.64. The quantitative estimate of drug-likeness (QED) is 0.710. The number of urea groups is 1.